The van der Waals surface area contributed by atoms with Gasteiger partial charge < -0.3 is 15.5 Å². The number of anilines is 3. The molecule has 2 aromatic rings. The molecular weight excluding hydrogens is 280 g/mol. The molecule has 6 heteroatoms. The van der Waals surface area contributed by atoms with E-state index in [1.54, 1.807) is 11.3 Å². The van der Waals surface area contributed by atoms with Crippen LogP contribution in [0.15, 0.2) is 29.8 Å². The minimum absolute atomic E-state index is 0.725. The molecule has 1 saturated heterocycles. The van der Waals surface area contributed by atoms with Crippen LogP contribution >= 0.6 is 22.9 Å². The molecule has 3 rings (SSSR count). The van der Waals surface area contributed by atoms with E-state index in [4.69, 9.17) is 17.3 Å². The van der Waals surface area contributed by atoms with Gasteiger partial charge in [0.25, 0.3) is 0 Å². The molecule has 0 unspecified atom stereocenters. The van der Waals surface area contributed by atoms with Gasteiger partial charge in [-0.05, 0) is 12.1 Å². The Morgan fingerprint density at radius 1 is 1.16 bits per heavy atom. The number of piperazine rings is 1. The number of halogens is 1. The molecule has 0 aliphatic carbocycles. The summed E-state index contributed by atoms with van der Waals surface area (Å²) in [4.78, 5) is 8.90. The van der Waals surface area contributed by atoms with Gasteiger partial charge in [0.1, 0.15) is 0 Å². The molecule has 0 spiro atoms. The lowest BCUT2D eigenvalue weighted by Crippen LogP contribution is -2.46. The highest BCUT2D eigenvalue weighted by atomic mass is 35.5. The van der Waals surface area contributed by atoms with E-state index in [0.29, 0.717) is 0 Å². The number of nitrogens with two attached hydrogens (primary N) is 1. The minimum atomic E-state index is 0.725. The molecule has 0 radical (unpaired) electrons. The Hall–Kier alpha value is -1.46. The van der Waals surface area contributed by atoms with Crippen LogP contribution in [0.25, 0.3) is 0 Å². The Labute approximate surface area is 121 Å². The van der Waals surface area contributed by atoms with E-state index in [0.717, 1.165) is 47.7 Å². The Balaban J connectivity index is 1.74. The lowest BCUT2D eigenvalue weighted by Gasteiger charge is -2.36. The molecule has 1 aromatic heterocycles. The Kier molecular flexibility index (Phi) is 3.48. The van der Waals surface area contributed by atoms with Crippen LogP contribution in [0.1, 0.15) is 0 Å². The first-order valence-corrected chi connectivity index (χ1v) is 7.45. The van der Waals surface area contributed by atoms with Gasteiger partial charge in [-0.15, -0.1) is 11.3 Å². The number of nitrogen functional groups attached to an aromatic ring is 1. The number of hydrogen-bond donors (Lipinski definition) is 1. The summed E-state index contributed by atoms with van der Waals surface area (Å²) < 4.78 is 0. The van der Waals surface area contributed by atoms with Gasteiger partial charge in [0, 0.05) is 37.8 Å². The fourth-order valence-corrected chi connectivity index (χ4v) is 3.36. The fraction of sp³-hybridized carbons (Fsp3) is 0.308. The van der Waals surface area contributed by atoms with Crippen LogP contribution in [-0.2, 0) is 0 Å². The van der Waals surface area contributed by atoms with Gasteiger partial charge in [0.2, 0.25) is 0 Å². The van der Waals surface area contributed by atoms with Crippen molar-refractivity contribution >= 4 is 39.4 Å². The van der Waals surface area contributed by atoms with Crippen molar-refractivity contribution in [1.82, 2.24) is 4.98 Å². The van der Waals surface area contributed by atoms with E-state index in [2.05, 4.69) is 14.8 Å². The van der Waals surface area contributed by atoms with Crippen molar-refractivity contribution in [2.75, 3.05) is 41.7 Å². The molecule has 19 heavy (non-hydrogen) atoms. The van der Waals surface area contributed by atoms with Crippen LogP contribution < -0.4 is 15.5 Å². The predicted octanol–water partition coefficient (Wildman–Crippen LogP) is 2.71. The average Bonchev–Trinajstić information content (AvgIpc) is 2.93. The van der Waals surface area contributed by atoms with Crippen LogP contribution in [0.4, 0.5) is 16.5 Å². The second-order valence-corrected chi connectivity index (χ2v) is 5.75. The number of rotatable bonds is 2. The van der Waals surface area contributed by atoms with Crippen LogP contribution in [0.2, 0.25) is 5.02 Å². The molecule has 0 saturated carbocycles. The molecule has 1 aliphatic heterocycles. The number of benzene rings is 1. The number of hydrogen-bond acceptors (Lipinski definition) is 5. The highest BCUT2D eigenvalue weighted by molar-refractivity contribution is 7.13. The van der Waals surface area contributed by atoms with Crippen molar-refractivity contribution in [1.29, 1.82) is 0 Å². The standard InChI is InChI=1S/C13H15ClN4S/c14-10-2-1-3-11(15)12(10)17-5-7-18(8-6-17)13-16-4-9-19-13/h1-4,9H,5-8,15H2. The number of nitrogens with zero attached hydrogens (tertiary/aromatic N) is 3. The van der Waals surface area contributed by atoms with Gasteiger partial charge in [-0.3, -0.25) is 0 Å². The Morgan fingerprint density at radius 3 is 2.53 bits per heavy atom. The van der Waals surface area contributed by atoms with Crippen LogP contribution in [0.5, 0.6) is 0 Å². The van der Waals surface area contributed by atoms with Gasteiger partial charge in [0.15, 0.2) is 5.13 Å². The zero-order valence-corrected chi connectivity index (χ0v) is 12.0. The quantitative estimate of drug-likeness (QED) is 0.865. The number of aromatic nitrogens is 1. The first kappa shape index (κ1) is 12.6. The molecule has 2 N–H and O–H groups in total. The van der Waals surface area contributed by atoms with Crippen molar-refractivity contribution in [3.05, 3.63) is 34.8 Å². The third kappa shape index (κ3) is 2.48. The maximum absolute atomic E-state index is 6.25. The third-order valence-corrected chi connectivity index (χ3v) is 4.44. The molecule has 100 valence electrons. The summed E-state index contributed by atoms with van der Waals surface area (Å²) in [5.74, 6) is 0. The SMILES string of the molecule is Nc1cccc(Cl)c1N1CCN(c2nccs2)CC1. The molecular formula is C13H15ClN4S. The summed E-state index contributed by atoms with van der Waals surface area (Å²) in [5.41, 5.74) is 7.74. The number of para-hydroxylation sites is 1. The Bertz CT molecular complexity index is 530. The first-order valence-electron chi connectivity index (χ1n) is 6.19. The lowest BCUT2D eigenvalue weighted by atomic mass is 10.2. The highest BCUT2D eigenvalue weighted by Crippen LogP contribution is 2.33. The maximum atomic E-state index is 6.25. The van der Waals surface area contributed by atoms with Crippen molar-refractivity contribution in [2.45, 2.75) is 0 Å². The van der Waals surface area contributed by atoms with Gasteiger partial charge in [-0.1, -0.05) is 17.7 Å². The van der Waals surface area contributed by atoms with Crippen molar-refractivity contribution < 1.29 is 0 Å². The van der Waals surface area contributed by atoms with E-state index in [9.17, 15) is 0 Å². The summed E-state index contributed by atoms with van der Waals surface area (Å²) >= 11 is 7.93. The van der Waals surface area contributed by atoms with Crippen LogP contribution in [-0.4, -0.2) is 31.2 Å². The van der Waals surface area contributed by atoms with E-state index in [1.165, 1.54) is 0 Å². The molecule has 1 fully saturated rings. The summed E-state index contributed by atoms with van der Waals surface area (Å²) in [6.45, 7) is 3.71. The predicted molar refractivity (Wildman–Crippen MR) is 82.4 cm³/mol. The van der Waals surface area contributed by atoms with Gasteiger partial charge in [0.05, 0.1) is 16.4 Å². The second-order valence-electron chi connectivity index (χ2n) is 4.47. The van der Waals surface area contributed by atoms with Gasteiger partial charge in [-0.2, -0.15) is 0 Å². The van der Waals surface area contributed by atoms with Gasteiger partial charge in [-0.25, -0.2) is 4.98 Å². The zero-order valence-electron chi connectivity index (χ0n) is 10.4. The average molecular weight is 295 g/mol. The largest absolute Gasteiger partial charge is 0.397 e. The minimum Gasteiger partial charge on any atom is -0.397 e. The van der Waals surface area contributed by atoms with Crippen molar-refractivity contribution in [2.24, 2.45) is 0 Å². The van der Waals surface area contributed by atoms with E-state index < -0.39 is 0 Å². The molecule has 0 atom stereocenters. The van der Waals surface area contributed by atoms with Crippen molar-refractivity contribution in [3.63, 3.8) is 0 Å². The summed E-state index contributed by atoms with van der Waals surface area (Å²) in [6.07, 6.45) is 1.85. The lowest BCUT2D eigenvalue weighted by molar-refractivity contribution is 0.653. The summed E-state index contributed by atoms with van der Waals surface area (Å²) in [7, 11) is 0. The van der Waals surface area contributed by atoms with Crippen molar-refractivity contribution in [3.8, 4) is 0 Å². The monoisotopic (exact) mass is 294 g/mol. The highest BCUT2D eigenvalue weighted by Gasteiger charge is 2.21. The smallest absolute Gasteiger partial charge is 0.185 e. The molecule has 0 bridgehead atoms. The van der Waals surface area contributed by atoms with E-state index in [1.807, 2.05) is 29.8 Å². The van der Waals surface area contributed by atoms with Crippen LogP contribution in [0.3, 0.4) is 0 Å². The molecule has 0 amide bonds. The molecule has 4 nitrogen and oxygen atoms in total. The third-order valence-electron chi connectivity index (χ3n) is 3.30. The maximum Gasteiger partial charge on any atom is 0.185 e. The van der Waals surface area contributed by atoms with Crippen LogP contribution in [0, 0.1) is 0 Å². The van der Waals surface area contributed by atoms with E-state index in [-0.39, 0.29) is 0 Å². The summed E-state index contributed by atoms with van der Waals surface area (Å²) in [5, 5.41) is 3.82. The molecule has 1 aromatic carbocycles. The Morgan fingerprint density at radius 2 is 1.89 bits per heavy atom. The second kappa shape index (κ2) is 5.27. The molecule has 1 aliphatic rings. The normalized spacial score (nSPS) is 15.8. The van der Waals surface area contributed by atoms with Gasteiger partial charge >= 0.3 is 0 Å². The molecule has 2 heterocycles. The zero-order chi connectivity index (χ0) is 13.2. The fourth-order valence-electron chi connectivity index (χ4n) is 2.36. The number of thiazole rings is 1. The first-order chi connectivity index (χ1) is 9.25. The van der Waals surface area contributed by atoms with E-state index >= 15 is 0 Å². The summed E-state index contributed by atoms with van der Waals surface area (Å²) in [6, 6.07) is 5.67. The topological polar surface area (TPSA) is 45.4 Å².